The van der Waals surface area contributed by atoms with Crippen LogP contribution in [-0.4, -0.2) is 73.7 Å². The first-order valence-corrected chi connectivity index (χ1v) is 11.5. The quantitative estimate of drug-likeness (QED) is 0.287. The smallest absolute Gasteiger partial charge is 0.247 e. The molecule has 0 saturated carbocycles. The van der Waals surface area contributed by atoms with Crippen LogP contribution in [0.4, 0.5) is 5.69 Å². The standard InChI is InChI=1S/C21H29N5O4.C4H7NO/c1-4-18(27)25-16-8-5-7-15(11-16)12-23-21(30)17-9-6-10-26(17)19(28)13-24-20(29)14(2)22-3;1-3-4(6)5-2/h4-5,7-8,11,14,17,22H,1,6,9-10,12-13H2,2-3H3,(H,23,30)(H,24,29)(H,25,27);3H,1H2,2H3,(H,5,6)/t14-,17-;/m0./s1. The number of hydrogen-bond acceptors (Lipinski definition) is 6. The van der Waals surface area contributed by atoms with E-state index in [4.69, 9.17) is 0 Å². The number of amides is 5. The Balaban J connectivity index is 0.000000960. The summed E-state index contributed by atoms with van der Waals surface area (Å²) < 4.78 is 0. The minimum Gasteiger partial charge on any atom is -0.356 e. The van der Waals surface area contributed by atoms with Crippen LogP contribution in [0.3, 0.4) is 0 Å². The zero-order valence-corrected chi connectivity index (χ0v) is 21.1. The van der Waals surface area contributed by atoms with Gasteiger partial charge in [0.2, 0.25) is 29.5 Å². The van der Waals surface area contributed by atoms with Crippen molar-refractivity contribution in [3.05, 3.63) is 55.1 Å². The Hall–Kier alpha value is -3.99. The molecular formula is C25H36N6O5. The van der Waals surface area contributed by atoms with E-state index in [1.165, 1.54) is 17.1 Å². The fraction of sp³-hybridized carbons (Fsp3) is 0.400. The third-order valence-electron chi connectivity index (χ3n) is 5.39. The molecule has 0 bridgehead atoms. The molecule has 1 heterocycles. The van der Waals surface area contributed by atoms with Crippen LogP contribution >= 0.6 is 0 Å². The van der Waals surface area contributed by atoms with Gasteiger partial charge in [0.25, 0.3) is 0 Å². The maximum absolute atomic E-state index is 12.6. The molecule has 1 fully saturated rings. The minimum absolute atomic E-state index is 0.139. The van der Waals surface area contributed by atoms with E-state index in [1.54, 1.807) is 39.2 Å². The molecule has 196 valence electrons. The van der Waals surface area contributed by atoms with E-state index in [2.05, 4.69) is 39.7 Å². The van der Waals surface area contributed by atoms with Gasteiger partial charge in [-0.1, -0.05) is 25.3 Å². The van der Waals surface area contributed by atoms with Gasteiger partial charge in [0.1, 0.15) is 6.04 Å². The average molecular weight is 501 g/mol. The van der Waals surface area contributed by atoms with Crippen molar-refractivity contribution in [3.63, 3.8) is 0 Å². The van der Waals surface area contributed by atoms with E-state index in [1.807, 2.05) is 6.07 Å². The third-order valence-corrected chi connectivity index (χ3v) is 5.39. The van der Waals surface area contributed by atoms with Crippen LogP contribution in [0.1, 0.15) is 25.3 Å². The molecule has 0 aromatic heterocycles. The molecule has 36 heavy (non-hydrogen) atoms. The highest BCUT2D eigenvalue weighted by atomic mass is 16.2. The van der Waals surface area contributed by atoms with Crippen molar-refractivity contribution in [3.8, 4) is 0 Å². The molecule has 1 aromatic carbocycles. The number of carbonyl (C=O) groups is 5. The minimum atomic E-state index is -0.556. The molecule has 11 heteroatoms. The fourth-order valence-electron chi connectivity index (χ4n) is 3.25. The Morgan fingerprint density at radius 3 is 2.36 bits per heavy atom. The molecule has 11 nitrogen and oxygen atoms in total. The second-order valence-corrected chi connectivity index (χ2v) is 7.90. The van der Waals surface area contributed by atoms with E-state index in [0.29, 0.717) is 18.7 Å². The molecule has 1 saturated heterocycles. The molecule has 0 unspecified atom stereocenters. The summed E-state index contributed by atoms with van der Waals surface area (Å²) in [7, 11) is 3.22. The Morgan fingerprint density at radius 2 is 1.78 bits per heavy atom. The lowest BCUT2D eigenvalue weighted by molar-refractivity contribution is -0.138. The molecule has 5 amide bonds. The average Bonchev–Trinajstić information content (AvgIpc) is 3.40. The molecule has 0 radical (unpaired) electrons. The maximum Gasteiger partial charge on any atom is 0.247 e. The number of benzene rings is 1. The monoisotopic (exact) mass is 500 g/mol. The van der Waals surface area contributed by atoms with Crippen molar-refractivity contribution in [1.29, 1.82) is 0 Å². The molecule has 1 aliphatic rings. The van der Waals surface area contributed by atoms with E-state index >= 15 is 0 Å². The van der Waals surface area contributed by atoms with Crippen molar-refractivity contribution in [1.82, 2.24) is 26.2 Å². The third kappa shape index (κ3) is 10.1. The lowest BCUT2D eigenvalue weighted by Crippen LogP contribution is -2.50. The lowest BCUT2D eigenvalue weighted by atomic mass is 10.1. The van der Waals surface area contributed by atoms with Gasteiger partial charge in [0, 0.05) is 25.8 Å². The predicted molar refractivity (Wildman–Crippen MR) is 138 cm³/mol. The normalized spacial score (nSPS) is 14.9. The predicted octanol–water partition coefficient (Wildman–Crippen LogP) is 0.0608. The fourth-order valence-corrected chi connectivity index (χ4v) is 3.25. The highest BCUT2D eigenvalue weighted by molar-refractivity contribution is 5.98. The SMILES string of the molecule is C=CC(=O)NC.C=CC(=O)Nc1cccc(CNC(=O)[C@@H]2CCCN2C(=O)CNC(=O)[C@H](C)NC)c1. The van der Waals surface area contributed by atoms with Crippen molar-refractivity contribution >= 4 is 35.2 Å². The Bertz CT molecular complexity index is 964. The number of hydrogen-bond donors (Lipinski definition) is 5. The maximum atomic E-state index is 12.6. The van der Waals surface area contributed by atoms with Crippen LogP contribution in [0.15, 0.2) is 49.6 Å². The number of carbonyl (C=O) groups excluding carboxylic acids is 5. The first-order valence-electron chi connectivity index (χ1n) is 11.5. The Labute approximate surface area is 211 Å². The topological polar surface area (TPSA) is 149 Å². The number of rotatable bonds is 10. The first kappa shape index (κ1) is 30.0. The summed E-state index contributed by atoms with van der Waals surface area (Å²) in [5, 5.41) is 13.3. The van der Waals surface area contributed by atoms with E-state index in [9.17, 15) is 24.0 Å². The Morgan fingerprint density at radius 1 is 1.08 bits per heavy atom. The van der Waals surface area contributed by atoms with Gasteiger partial charge in [0.15, 0.2) is 0 Å². The van der Waals surface area contributed by atoms with Crippen LogP contribution in [-0.2, 0) is 30.5 Å². The van der Waals surface area contributed by atoms with Gasteiger partial charge in [-0.15, -0.1) is 0 Å². The zero-order chi connectivity index (χ0) is 27.1. The van der Waals surface area contributed by atoms with Crippen LogP contribution in [0.5, 0.6) is 0 Å². The zero-order valence-electron chi connectivity index (χ0n) is 21.1. The number of anilines is 1. The summed E-state index contributed by atoms with van der Waals surface area (Å²) in [6.07, 6.45) is 3.71. The first-order chi connectivity index (χ1) is 17.2. The number of likely N-dealkylation sites (tertiary alicyclic amines) is 1. The molecule has 1 aromatic rings. The van der Waals surface area contributed by atoms with Crippen LogP contribution in [0, 0.1) is 0 Å². The van der Waals surface area contributed by atoms with Gasteiger partial charge in [-0.2, -0.15) is 0 Å². The summed E-state index contributed by atoms with van der Waals surface area (Å²) in [6, 6.07) is 6.16. The molecule has 5 N–H and O–H groups in total. The lowest BCUT2D eigenvalue weighted by Gasteiger charge is -2.24. The molecule has 2 rings (SSSR count). The molecule has 1 aliphatic heterocycles. The second kappa shape index (κ2) is 15.8. The van der Waals surface area contributed by atoms with Gasteiger partial charge in [0.05, 0.1) is 12.6 Å². The van der Waals surface area contributed by atoms with Crippen LogP contribution in [0.25, 0.3) is 0 Å². The molecule has 0 spiro atoms. The van der Waals surface area contributed by atoms with Gasteiger partial charge < -0.3 is 31.5 Å². The van der Waals surface area contributed by atoms with E-state index < -0.39 is 12.1 Å². The summed E-state index contributed by atoms with van der Waals surface area (Å²) in [5.74, 6) is -1.24. The summed E-state index contributed by atoms with van der Waals surface area (Å²) in [5.41, 5.74) is 1.42. The van der Waals surface area contributed by atoms with E-state index in [-0.39, 0.29) is 42.6 Å². The molecule has 0 aliphatic carbocycles. The van der Waals surface area contributed by atoms with Gasteiger partial charge in [-0.25, -0.2) is 0 Å². The molecular weight excluding hydrogens is 464 g/mol. The highest BCUT2D eigenvalue weighted by Gasteiger charge is 2.33. The van der Waals surface area contributed by atoms with E-state index in [0.717, 1.165) is 12.0 Å². The van der Waals surface area contributed by atoms with Gasteiger partial charge >= 0.3 is 0 Å². The number of likely N-dealkylation sites (N-methyl/N-ethyl adjacent to an activating group) is 2. The summed E-state index contributed by atoms with van der Waals surface area (Å²) in [4.78, 5) is 59.8. The van der Waals surface area contributed by atoms with Crippen LogP contribution in [0.2, 0.25) is 0 Å². The molecule has 2 atom stereocenters. The Kier molecular flexibility index (Phi) is 13.2. The van der Waals surface area contributed by atoms with Crippen molar-refractivity contribution in [2.45, 2.75) is 38.4 Å². The summed E-state index contributed by atoms with van der Waals surface area (Å²) in [6.45, 7) is 8.94. The largest absolute Gasteiger partial charge is 0.356 e. The van der Waals surface area contributed by atoms with Crippen molar-refractivity contribution < 1.29 is 24.0 Å². The van der Waals surface area contributed by atoms with Crippen molar-refractivity contribution in [2.75, 3.05) is 32.5 Å². The number of nitrogens with one attached hydrogen (secondary N) is 5. The summed E-state index contributed by atoms with van der Waals surface area (Å²) >= 11 is 0. The van der Waals surface area contributed by atoms with Crippen LogP contribution < -0.4 is 26.6 Å². The van der Waals surface area contributed by atoms with Gasteiger partial charge in [-0.05, 0) is 56.7 Å². The van der Waals surface area contributed by atoms with Gasteiger partial charge in [-0.3, -0.25) is 24.0 Å². The highest BCUT2D eigenvalue weighted by Crippen LogP contribution is 2.18. The van der Waals surface area contributed by atoms with Crippen molar-refractivity contribution in [2.24, 2.45) is 0 Å². The second-order valence-electron chi connectivity index (χ2n) is 7.90. The number of nitrogens with zero attached hydrogens (tertiary/aromatic N) is 1.